The zero-order chi connectivity index (χ0) is 37.3. The number of phenols is 2. The van der Waals surface area contributed by atoms with Crippen molar-refractivity contribution in [3.63, 3.8) is 0 Å². The van der Waals surface area contributed by atoms with E-state index < -0.39 is 75.4 Å². The average molecular weight is 794 g/mol. The summed E-state index contributed by atoms with van der Waals surface area (Å²) in [6.07, 6.45) is -1.65. The summed E-state index contributed by atoms with van der Waals surface area (Å²) in [4.78, 5) is 57.1. The molecule has 4 aromatic rings. The summed E-state index contributed by atoms with van der Waals surface area (Å²) in [6.45, 7) is 0.839. The van der Waals surface area contributed by atoms with Gasteiger partial charge in [-0.15, -0.1) is 40.0 Å². The number of oxime groups is 1. The van der Waals surface area contributed by atoms with E-state index in [0.29, 0.717) is 16.3 Å². The van der Waals surface area contributed by atoms with Gasteiger partial charge in [-0.1, -0.05) is 5.16 Å². The second kappa shape index (κ2) is 14.8. The number of sulfone groups is 1. The molecule has 20 nitrogen and oxygen atoms in total. The number of anilines is 1. The maximum Gasteiger partial charge on any atom is 0.512 e. The fourth-order valence-corrected chi connectivity index (χ4v) is 9.06. The predicted octanol–water partition coefficient (Wildman–Crippen LogP) is 0.668. The van der Waals surface area contributed by atoms with Crippen molar-refractivity contribution < 1.29 is 52.8 Å². The second-order valence-corrected chi connectivity index (χ2v) is 16.0. The molecule has 0 unspecified atom stereocenters. The summed E-state index contributed by atoms with van der Waals surface area (Å²) < 4.78 is 31.9. The molecule has 2 aliphatic heterocycles. The zero-order valence-electron chi connectivity index (χ0n) is 26.6. The number of aromatic hydroxyl groups is 2. The molecular weight excluding hydrogens is 767 g/mol. The molecule has 0 radical (unpaired) electrons. The number of hydrogen-bond acceptors (Lipinski definition) is 19. The van der Waals surface area contributed by atoms with Crippen molar-refractivity contribution in [3.05, 3.63) is 58.3 Å². The number of nitrogen functional groups attached to an aromatic ring is 1. The van der Waals surface area contributed by atoms with Gasteiger partial charge in [0.15, 0.2) is 38.0 Å². The molecule has 2 amide bonds. The maximum absolute atomic E-state index is 13.5. The highest BCUT2D eigenvalue weighted by Gasteiger charge is 2.54. The SMILES string of the molecule is Cc1cc(SCC2=C(OC(=O)O)N3C(=O)[C@@H](NC(=O)/C(=N\OCCS(=O)(=O)c4ccc(O)c(O)c4)c4csc(N)n4)[C@H]3SC2)n2nc(CO)nc2n1. The summed E-state index contributed by atoms with van der Waals surface area (Å²) in [7, 11) is -3.99. The number of fused-ring (bicyclic) bond motifs is 2. The van der Waals surface area contributed by atoms with Crippen molar-refractivity contribution >= 4 is 79.3 Å². The van der Waals surface area contributed by atoms with Crippen LogP contribution in [-0.4, -0.2) is 117 Å². The number of aryl methyl sites for hydroxylation is 1. The van der Waals surface area contributed by atoms with Crippen molar-refractivity contribution in [2.75, 3.05) is 29.6 Å². The minimum atomic E-state index is -3.99. The zero-order valence-corrected chi connectivity index (χ0v) is 29.8. The van der Waals surface area contributed by atoms with E-state index in [2.05, 4.69) is 30.5 Å². The molecule has 0 bridgehead atoms. The number of nitrogens with one attached hydrogen (secondary N) is 1. The van der Waals surface area contributed by atoms with E-state index in [1.54, 1.807) is 13.0 Å². The molecule has 52 heavy (non-hydrogen) atoms. The van der Waals surface area contributed by atoms with E-state index in [4.69, 9.17) is 15.3 Å². The summed E-state index contributed by atoms with van der Waals surface area (Å²) in [6, 6.07) is 3.60. The highest BCUT2D eigenvalue weighted by molar-refractivity contribution is 8.01. The Balaban J connectivity index is 1.16. The largest absolute Gasteiger partial charge is 0.512 e. The fourth-order valence-electron chi connectivity index (χ4n) is 4.92. The van der Waals surface area contributed by atoms with Crippen LogP contribution in [0.2, 0.25) is 0 Å². The number of nitrogens with two attached hydrogens (primary N) is 1. The molecule has 5 heterocycles. The van der Waals surface area contributed by atoms with E-state index in [0.717, 1.165) is 34.4 Å². The van der Waals surface area contributed by atoms with Crippen LogP contribution in [0, 0.1) is 6.92 Å². The summed E-state index contributed by atoms with van der Waals surface area (Å²) >= 11 is 3.50. The summed E-state index contributed by atoms with van der Waals surface area (Å²) in [5, 5.41) is 50.0. The van der Waals surface area contributed by atoms with Crippen molar-refractivity contribution in [1.29, 1.82) is 0 Å². The van der Waals surface area contributed by atoms with Gasteiger partial charge in [-0.25, -0.2) is 23.2 Å². The number of aliphatic hydroxyl groups is 1. The number of benzene rings is 1. The Morgan fingerprint density at radius 3 is 2.67 bits per heavy atom. The van der Waals surface area contributed by atoms with Crippen molar-refractivity contribution in [1.82, 2.24) is 34.8 Å². The van der Waals surface area contributed by atoms with Gasteiger partial charge < -0.3 is 41.1 Å². The number of thiazole rings is 1. The fraction of sp³-hybridized carbons (Fsp3) is 0.286. The van der Waals surface area contributed by atoms with E-state index >= 15 is 0 Å². The predicted molar refractivity (Wildman–Crippen MR) is 184 cm³/mol. The van der Waals surface area contributed by atoms with Gasteiger partial charge >= 0.3 is 6.16 Å². The number of thioether (sulfide) groups is 2. The first-order valence-corrected chi connectivity index (χ1v) is 19.3. The van der Waals surface area contributed by atoms with Gasteiger partial charge in [0.05, 0.1) is 10.6 Å². The molecule has 1 fully saturated rings. The molecule has 6 rings (SSSR count). The van der Waals surface area contributed by atoms with E-state index in [1.807, 2.05) is 0 Å². The van der Waals surface area contributed by atoms with Crippen molar-refractivity contribution in [2.24, 2.45) is 5.16 Å². The lowest BCUT2D eigenvalue weighted by Gasteiger charge is -2.49. The molecule has 2 aliphatic rings. The number of carboxylic acid groups (broad SMARTS) is 1. The molecule has 1 aromatic carbocycles. The minimum absolute atomic E-state index is 0.0145. The van der Waals surface area contributed by atoms with Crippen LogP contribution >= 0.6 is 34.9 Å². The Morgan fingerprint density at radius 1 is 1.19 bits per heavy atom. The van der Waals surface area contributed by atoms with Gasteiger partial charge in [0.2, 0.25) is 5.88 Å². The highest BCUT2D eigenvalue weighted by atomic mass is 32.2. The molecule has 24 heteroatoms. The standard InChI is InChI=1S/C28H27N9O11S4/c1-12-6-19(37-27(30-12)32-18(8-38)34-37)49-9-13-10-50-25-21(23(42)36(25)24(13)48-28(43)44)33-22(41)20(15-11-51-26(29)31-15)35-47-4-5-52(45,46)14-2-3-16(39)17(40)7-14/h2-3,6-7,11,21,25,38-40H,4-5,8-10H2,1H3,(H2,29,31)(H,33,41)(H,43,44)/b35-20-/t21-,25-/m1/s1. The lowest BCUT2D eigenvalue weighted by molar-refractivity contribution is -0.148. The smallest absolute Gasteiger partial charge is 0.504 e. The first-order valence-electron chi connectivity index (χ1n) is 14.8. The average Bonchev–Trinajstić information content (AvgIpc) is 3.72. The Kier molecular flexibility index (Phi) is 10.4. The molecule has 0 spiro atoms. The Bertz CT molecular complexity index is 2260. The first kappa shape index (κ1) is 36.6. The number of nitrogens with zero attached hydrogens (tertiary/aromatic N) is 7. The van der Waals surface area contributed by atoms with Gasteiger partial charge in [-0.3, -0.25) is 14.5 Å². The molecule has 2 atom stereocenters. The van der Waals surface area contributed by atoms with Crippen LogP contribution < -0.4 is 11.1 Å². The number of amides is 2. The van der Waals surface area contributed by atoms with Gasteiger partial charge in [0, 0.05) is 34.2 Å². The van der Waals surface area contributed by atoms with Crippen LogP contribution in [0.1, 0.15) is 17.2 Å². The second-order valence-electron chi connectivity index (χ2n) is 10.9. The van der Waals surface area contributed by atoms with E-state index in [9.17, 15) is 43.2 Å². The maximum atomic E-state index is 13.5. The number of rotatable bonds is 13. The first-order chi connectivity index (χ1) is 24.7. The van der Waals surface area contributed by atoms with Crippen molar-refractivity contribution in [3.8, 4) is 11.5 Å². The molecule has 0 saturated carbocycles. The molecule has 0 aliphatic carbocycles. The quantitative estimate of drug-likeness (QED) is 0.0158. The Hall–Kier alpha value is -5.17. The lowest BCUT2D eigenvalue weighted by Crippen LogP contribution is -2.70. The summed E-state index contributed by atoms with van der Waals surface area (Å²) in [5.74, 6) is -2.66. The number of carbonyl (C=O) groups excluding carboxylic acids is 2. The monoisotopic (exact) mass is 793 g/mol. The molecular formula is C28H27N9O11S4. The van der Waals surface area contributed by atoms with Crippen LogP contribution in [-0.2, 0) is 35.6 Å². The van der Waals surface area contributed by atoms with Crippen LogP contribution in [0.15, 0.2) is 56.2 Å². The van der Waals surface area contributed by atoms with Gasteiger partial charge in [0.1, 0.15) is 35.3 Å². The number of carbonyl (C=O) groups is 3. The number of aromatic nitrogens is 5. The third kappa shape index (κ3) is 7.55. The Morgan fingerprint density at radius 2 is 1.98 bits per heavy atom. The minimum Gasteiger partial charge on any atom is -0.504 e. The number of phenolic OH excluding ortho intramolecular Hbond substituents is 2. The molecule has 1 saturated heterocycles. The highest BCUT2D eigenvalue weighted by Crippen LogP contribution is 2.42. The topological polar surface area (TPSA) is 294 Å². The summed E-state index contributed by atoms with van der Waals surface area (Å²) in [5.41, 5.74) is 6.42. The van der Waals surface area contributed by atoms with Crippen LogP contribution in [0.25, 0.3) is 5.78 Å². The number of hydrogen-bond donors (Lipinski definition) is 6. The molecule has 7 N–H and O–H groups in total. The van der Waals surface area contributed by atoms with Gasteiger partial charge in [-0.05, 0) is 25.1 Å². The van der Waals surface area contributed by atoms with E-state index in [1.165, 1.54) is 33.4 Å². The number of aliphatic hydroxyl groups excluding tert-OH is 1. The Labute approximate surface area is 305 Å². The van der Waals surface area contributed by atoms with E-state index in [-0.39, 0.29) is 44.7 Å². The normalized spacial score (nSPS) is 17.5. The third-order valence-corrected chi connectivity index (χ3v) is 12.1. The van der Waals surface area contributed by atoms with Gasteiger partial charge in [-0.2, -0.15) is 9.50 Å². The third-order valence-electron chi connectivity index (χ3n) is 7.34. The number of β-lactam (4-membered cyclic amide) rings is 1. The molecule has 274 valence electrons. The van der Waals surface area contributed by atoms with Crippen LogP contribution in [0.5, 0.6) is 11.5 Å². The van der Waals surface area contributed by atoms with Gasteiger partial charge in [0.25, 0.3) is 17.6 Å². The van der Waals surface area contributed by atoms with Crippen molar-refractivity contribution in [2.45, 2.75) is 34.9 Å². The molecule has 3 aromatic heterocycles. The number of ether oxygens (including phenoxy) is 1. The lowest BCUT2D eigenvalue weighted by atomic mass is 10.1. The van der Waals surface area contributed by atoms with Crippen LogP contribution in [0.4, 0.5) is 9.93 Å². The van der Waals surface area contributed by atoms with Crippen LogP contribution in [0.3, 0.4) is 0 Å².